The van der Waals surface area contributed by atoms with Crippen molar-refractivity contribution in [2.24, 2.45) is 0 Å². The van der Waals surface area contributed by atoms with Crippen LogP contribution in [0.4, 0.5) is 5.69 Å². The lowest BCUT2D eigenvalue weighted by Crippen LogP contribution is -2.00. The number of rotatable bonds is 4. The number of hydrogen-bond donors (Lipinski definition) is 1. The molecule has 0 aliphatic carbocycles. The van der Waals surface area contributed by atoms with Crippen molar-refractivity contribution < 1.29 is 13.9 Å². The molecule has 7 nitrogen and oxygen atoms in total. The molecule has 116 valence electrons. The summed E-state index contributed by atoms with van der Waals surface area (Å²) in [4.78, 5) is 11.4. The Morgan fingerprint density at radius 2 is 1.88 bits per heavy atom. The van der Waals surface area contributed by atoms with E-state index in [2.05, 4.69) is 10.1 Å². The summed E-state index contributed by atoms with van der Waals surface area (Å²) >= 11 is 0. The van der Waals surface area contributed by atoms with Gasteiger partial charge in [0.1, 0.15) is 29.7 Å². The highest BCUT2D eigenvalue weighted by Gasteiger charge is 2.13. The van der Waals surface area contributed by atoms with E-state index in [9.17, 15) is 4.79 Å². The largest absolute Gasteiger partial charge is 0.463 e. The number of nitrogens with zero attached hydrogens (tertiary/aromatic N) is 3. The molecule has 0 saturated heterocycles. The number of carbonyl (C=O) groups is 1. The van der Waals surface area contributed by atoms with Crippen LogP contribution in [0.1, 0.15) is 10.6 Å². The number of anilines is 1. The molecule has 0 aliphatic rings. The van der Waals surface area contributed by atoms with Gasteiger partial charge in [-0.05, 0) is 24.3 Å². The maximum atomic E-state index is 11.4. The minimum absolute atomic E-state index is 0.0692. The molecular formula is C17H10N4O3. The maximum Gasteiger partial charge on any atom is 0.373 e. The molecule has 1 aromatic carbocycles. The van der Waals surface area contributed by atoms with Crippen LogP contribution in [0.3, 0.4) is 0 Å². The molecule has 0 radical (unpaired) electrons. The molecule has 1 N–H and O–H groups in total. The highest BCUT2D eigenvalue weighted by molar-refractivity contribution is 5.87. The molecule has 24 heavy (non-hydrogen) atoms. The fourth-order valence-corrected chi connectivity index (χ4v) is 1.88. The summed E-state index contributed by atoms with van der Waals surface area (Å²) in [5.74, 6) is -0.0834. The van der Waals surface area contributed by atoms with Gasteiger partial charge < -0.3 is 14.5 Å². The fourth-order valence-electron chi connectivity index (χ4n) is 1.88. The Hall–Kier alpha value is -4.02. The number of hydrogen-bond acceptors (Lipinski definition) is 7. The van der Waals surface area contributed by atoms with Crippen LogP contribution in [0.5, 0.6) is 0 Å². The highest BCUT2D eigenvalue weighted by Crippen LogP contribution is 2.26. The Kier molecular flexibility index (Phi) is 4.98. The number of furan rings is 1. The maximum absolute atomic E-state index is 11.4. The zero-order valence-corrected chi connectivity index (χ0v) is 12.5. The van der Waals surface area contributed by atoms with Crippen LogP contribution in [0.2, 0.25) is 0 Å². The Labute approximate surface area is 137 Å². The summed E-state index contributed by atoms with van der Waals surface area (Å²) < 4.78 is 9.99. The molecule has 0 saturated carbocycles. The zero-order valence-electron chi connectivity index (χ0n) is 12.5. The molecule has 7 heteroatoms. The van der Waals surface area contributed by atoms with Gasteiger partial charge in [0.2, 0.25) is 5.76 Å². The van der Waals surface area contributed by atoms with Crippen molar-refractivity contribution in [2.45, 2.75) is 0 Å². The first kappa shape index (κ1) is 16.4. The van der Waals surface area contributed by atoms with Crippen molar-refractivity contribution in [2.75, 3.05) is 12.4 Å². The predicted molar refractivity (Wildman–Crippen MR) is 83.0 cm³/mol. The topological polar surface area (TPSA) is 123 Å². The minimum Gasteiger partial charge on any atom is -0.463 e. The van der Waals surface area contributed by atoms with Gasteiger partial charge in [-0.15, -0.1) is 0 Å². The number of nitriles is 3. The summed E-state index contributed by atoms with van der Waals surface area (Å²) in [7, 11) is 1.26. The third-order valence-corrected chi connectivity index (χ3v) is 2.99. The second kappa shape index (κ2) is 7.31. The normalized spacial score (nSPS) is 9.08. The number of esters is 1. The quantitative estimate of drug-likeness (QED) is 0.679. The van der Waals surface area contributed by atoms with Gasteiger partial charge in [0.25, 0.3) is 0 Å². The van der Waals surface area contributed by atoms with E-state index in [1.165, 1.54) is 13.2 Å². The number of allylic oxidation sites excluding steroid dienone is 2. The van der Waals surface area contributed by atoms with Gasteiger partial charge in [0.15, 0.2) is 5.57 Å². The van der Waals surface area contributed by atoms with Crippen molar-refractivity contribution in [3.63, 3.8) is 0 Å². The number of methoxy groups -OCH3 is 1. The van der Waals surface area contributed by atoms with Gasteiger partial charge in [-0.25, -0.2) is 4.79 Å². The van der Waals surface area contributed by atoms with E-state index >= 15 is 0 Å². The first-order valence-corrected chi connectivity index (χ1v) is 6.63. The van der Waals surface area contributed by atoms with Gasteiger partial charge in [-0.2, -0.15) is 15.8 Å². The third-order valence-electron chi connectivity index (χ3n) is 2.99. The molecule has 0 bridgehead atoms. The van der Waals surface area contributed by atoms with E-state index in [-0.39, 0.29) is 17.0 Å². The Morgan fingerprint density at radius 1 is 1.12 bits per heavy atom. The lowest BCUT2D eigenvalue weighted by Gasteiger charge is -2.06. The average Bonchev–Trinajstić information content (AvgIpc) is 3.11. The Bertz CT molecular complexity index is 920. The third kappa shape index (κ3) is 3.41. The number of benzene rings is 1. The van der Waals surface area contributed by atoms with Crippen molar-refractivity contribution >= 4 is 11.7 Å². The van der Waals surface area contributed by atoms with Crippen molar-refractivity contribution in [1.82, 2.24) is 0 Å². The molecule has 0 atom stereocenters. The first-order chi connectivity index (χ1) is 11.6. The van der Waals surface area contributed by atoms with Crippen LogP contribution in [-0.2, 0) is 4.74 Å². The Balaban J connectivity index is 2.34. The van der Waals surface area contributed by atoms with Crippen LogP contribution in [0, 0.1) is 34.0 Å². The zero-order chi connectivity index (χ0) is 17.5. The van der Waals surface area contributed by atoms with Crippen molar-refractivity contribution in [1.29, 1.82) is 15.8 Å². The van der Waals surface area contributed by atoms with Crippen molar-refractivity contribution in [3.05, 3.63) is 53.4 Å². The van der Waals surface area contributed by atoms with E-state index in [0.29, 0.717) is 17.0 Å². The highest BCUT2D eigenvalue weighted by atomic mass is 16.5. The molecule has 0 unspecified atom stereocenters. The van der Waals surface area contributed by atoms with Gasteiger partial charge in [-0.1, -0.05) is 12.1 Å². The molecular weight excluding hydrogens is 308 g/mol. The van der Waals surface area contributed by atoms with E-state index in [1.807, 2.05) is 0 Å². The van der Waals surface area contributed by atoms with Crippen LogP contribution in [-0.4, -0.2) is 13.1 Å². The van der Waals surface area contributed by atoms with Crippen LogP contribution < -0.4 is 5.32 Å². The smallest absolute Gasteiger partial charge is 0.373 e. The second-order valence-electron chi connectivity index (χ2n) is 4.45. The van der Waals surface area contributed by atoms with Gasteiger partial charge >= 0.3 is 5.97 Å². The molecule has 0 spiro atoms. The monoisotopic (exact) mass is 318 g/mol. The molecule has 2 rings (SSSR count). The van der Waals surface area contributed by atoms with Crippen LogP contribution in [0.15, 0.2) is 52.1 Å². The van der Waals surface area contributed by atoms with Crippen molar-refractivity contribution in [3.8, 4) is 29.5 Å². The lowest BCUT2D eigenvalue weighted by atomic mass is 10.1. The van der Waals surface area contributed by atoms with Gasteiger partial charge in [0.05, 0.1) is 7.11 Å². The second-order valence-corrected chi connectivity index (χ2v) is 4.45. The number of nitrogens with one attached hydrogen (secondary N) is 1. The average molecular weight is 318 g/mol. The molecule has 1 aromatic heterocycles. The molecule has 0 aliphatic heterocycles. The van der Waals surface area contributed by atoms with Gasteiger partial charge in [0, 0.05) is 11.3 Å². The van der Waals surface area contributed by atoms with E-state index in [1.54, 1.807) is 48.5 Å². The summed E-state index contributed by atoms with van der Waals surface area (Å²) in [5.41, 5.74) is 0.673. The summed E-state index contributed by atoms with van der Waals surface area (Å²) in [5, 5.41) is 29.4. The summed E-state index contributed by atoms with van der Waals surface area (Å²) in [6.45, 7) is 0. The fraction of sp³-hybridized carbons (Fsp3) is 0.0588. The van der Waals surface area contributed by atoms with E-state index in [4.69, 9.17) is 20.2 Å². The minimum atomic E-state index is -0.585. The van der Waals surface area contributed by atoms with Crippen LogP contribution in [0.25, 0.3) is 11.3 Å². The van der Waals surface area contributed by atoms with E-state index in [0.717, 1.165) is 0 Å². The summed E-state index contributed by atoms with van der Waals surface area (Å²) in [6, 6.07) is 15.0. The molecule has 0 amide bonds. The molecule has 0 fully saturated rings. The van der Waals surface area contributed by atoms with Gasteiger partial charge in [-0.3, -0.25) is 0 Å². The van der Waals surface area contributed by atoms with Crippen LogP contribution >= 0.6 is 0 Å². The predicted octanol–water partition coefficient (Wildman–Crippen LogP) is 2.97. The summed E-state index contributed by atoms with van der Waals surface area (Å²) in [6.07, 6.45) is 0. The number of ether oxygens (including phenoxy) is 1. The lowest BCUT2D eigenvalue weighted by molar-refractivity contribution is 0.0566. The molecule has 2 aromatic rings. The molecule has 1 heterocycles. The SMILES string of the molecule is COC(=O)c1ccc(-c2cccc(NC(C#N)=C(C#N)C#N)c2)o1. The number of carbonyl (C=O) groups excluding carboxylic acids is 1. The standard InChI is InChI=1S/C17H10N4O3/c1-23-17(22)16-6-5-15(24-16)11-3-2-4-13(7-11)21-14(10-20)12(8-18)9-19/h2-7,21H,1H3. The van der Waals surface area contributed by atoms with E-state index < -0.39 is 5.97 Å². The Morgan fingerprint density at radius 3 is 2.50 bits per heavy atom. The first-order valence-electron chi connectivity index (χ1n) is 6.63.